The first-order valence-corrected chi connectivity index (χ1v) is 4.81. The average Bonchev–Trinajstić information content (AvgIpc) is 2.23. The summed E-state index contributed by atoms with van der Waals surface area (Å²) in [5.41, 5.74) is 0. The second kappa shape index (κ2) is 7.58. The number of carbonyl (C=O) groups is 3. The fourth-order valence-electron chi connectivity index (χ4n) is 0.945. The first-order valence-electron chi connectivity index (χ1n) is 4.81. The van der Waals surface area contributed by atoms with Crippen LogP contribution in [-0.4, -0.2) is 58.5 Å². The molecule has 0 aromatic heterocycles. The van der Waals surface area contributed by atoms with E-state index in [0.717, 1.165) is 6.92 Å². The van der Waals surface area contributed by atoms with Gasteiger partial charge in [0, 0.05) is 6.92 Å². The van der Waals surface area contributed by atoms with Gasteiger partial charge in [-0.3, -0.25) is 9.59 Å². The van der Waals surface area contributed by atoms with Crippen LogP contribution in [0.4, 0.5) is 0 Å². The molecule has 0 heterocycles. The van der Waals surface area contributed by atoms with Gasteiger partial charge in [-0.15, -0.1) is 0 Å². The molecule has 0 saturated heterocycles. The second-order valence-corrected chi connectivity index (χ2v) is 3.32. The number of aliphatic hydroxyl groups is 2. The van der Waals surface area contributed by atoms with Gasteiger partial charge < -0.3 is 25.4 Å². The molecule has 1 amide bonds. The number of nitrogens with one attached hydrogen (secondary N) is 1. The highest BCUT2D eigenvalue weighted by Crippen LogP contribution is 1.97. The summed E-state index contributed by atoms with van der Waals surface area (Å²) in [6.45, 7) is 0.0761. The van der Waals surface area contributed by atoms with E-state index >= 15 is 0 Å². The smallest absolute Gasteiger partial charge is 0.329 e. The summed E-state index contributed by atoms with van der Waals surface area (Å²) in [4.78, 5) is 32.5. The van der Waals surface area contributed by atoms with Crippen LogP contribution in [0.5, 0.6) is 0 Å². The first-order chi connectivity index (χ1) is 7.86. The Kier molecular flexibility index (Phi) is 6.83. The molecule has 0 spiro atoms. The number of hydrogen-bond donors (Lipinski definition) is 4. The molecule has 2 atom stereocenters. The number of carboxylic acid groups (broad SMARTS) is 1. The largest absolute Gasteiger partial charge is 0.481 e. The summed E-state index contributed by atoms with van der Waals surface area (Å²) in [5.74, 6) is -2.82. The van der Waals surface area contributed by atoms with Crippen molar-refractivity contribution in [2.75, 3.05) is 13.2 Å². The fraction of sp³-hybridized carbons (Fsp3) is 0.667. The Balaban J connectivity index is 4.31. The van der Waals surface area contributed by atoms with E-state index in [9.17, 15) is 14.4 Å². The molecule has 98 valence electrons. The molecule has 0 aliphatic carbocycles. The zero-order valence-electron chi connectivity index (χ0n) is 9.25. The predicted octanol–water partition coefficient (Wildman–Crippen LogP) is -2.14. The number of carboxylic acids is 1. The molecular formula is C9H15NO7. The third kappa shape index (κ3) is 7.25. The third-order valence-corrected chi connectivity index (χ3v) is 1.67. The molecule has 0 saturated carbocycles. The molecule has 0 aliphatic rings. The predicted molar refractivity (Wildman–Crippen MR) is 53.9 cm³/mol. The van der Waals surface area contributed by atoms with Gasteiger partial charge in [0.05, 0.1) is 13.0 Å². The number of rotatable bonds is 7. The van der Waals surface area contributed by atoms with Crippen molar-refractivity contribution in [3.05, 3.63) is 0 Å². The highest BCUT2D eigenvalue weighted by molar-refractivity contribution is 5.86. The van der Waals surface area contributed by atoms with Crippen molar-refractivity contribution in [3.63, 3.8) is 0 Å². The maximum Gasteiger partial charge on any atom is 0.329 e. The lowest BCUT2D eigenvalue weighted by molar-refractivity contribution is -0.154. The molecule has 0 fully saturated rings. The quantitative estimate of drug-likeness (QED) is 0.378. The van der Waals surface area contributed by atoms with E-state index in [0.29, 0.717) is 0 Å². The SMILES string of the molecule is CC(=O)N[C@@H](CC(=O)O)C(=O)OC[C@@H](O)CO. The number of aliphatic hydroxyl groups excluding tert-OH is 2. The van der Waals surface area contributed by atoms with Crippen molar-refractivity contribution in [1.82, 2.24) is 5.32 Å². The summed E-state index contributed by atoms with van der Waals surface area (Å²) in [5, 5.41) is 28.0. The van der Waals surface area contributed by atoms with E-state index < -0.39 is 49.6 Å². The second-order valence-electron chi connectivity index (χ2n) is 3.32. The van der Waals surface area contributed by atoms with Crippen molar-refractivity contribution in [1.29, 1.82) is 0 Å². The van der Waals surface area contributed by atoms with E-state index in [1.54, 1.807) is 0 Å². The van der Waals surface area contributed by atoms with Gasteiger partial charge >= 0.3 is 11.9 Å². The molecule has 8 nitrogen and oxygen atoms in total. The number of carbonyl (C=O) groups excluding carboxylic acids is 2. The fourth-order valence-corrected chi connectivity index (χ4v) is 0.945. The van der Waals surface area contributed by atoms with Crippen LogP contribution in [0.2, 0.25) is 0 Å². The zero-order chi connectivity index (χ0) is 13.4. The van der Waals surface area contributed by atoms with E-state index in [-0.39, 0.29) is 0 Å². The molecular weight excluding hydrogens is 234 g/mol. The number of amides is 1. The van der Waals surface area contributed by atoms with Crippen molar-refractivity contribution >= 4 is 17.8 Å². The van der Waals surface area contributed by atoms with Gasteiger partial charge in [-0.25, -0.2) is 4.79 Å². The summed E-state index contributed by atoms with van der Waals surface area (Å²) in [7, 11) is 0. The molecule has 0 aromatic carbocycles. The van der Waals surface area contributed by atoms with Crippen molar-refractivity contribution in [2.24, 2.45) is 0 Å². The first kappa shape index (κ1) is 15.3. The van der Waals surface area contributed by atoms with Crippen molar-refractivity contribution < 1.29 is 34.4 Å². The minimum Gasteiger partial charge on any atom is -0.481 e. The zero-order valence-corrected chi connectivity index (χ0v) is 9.25. The van der Waals surface area contributed by atoms with Gasteiger partial charge in [0.2, 0.25) is 5.91 Å². The molecule has 4 N–H and O–H groups in total. The number of aliphatic carboxylic acids is 1. The summed E-state index contributed by atoms with van der Waals surface area (Å²) >= 11 is 0. The Labute approximate surface area is 97.2 Å². The van der Waals surface area contributed by atoms with E-state index in [4.69, 9.17) is 15.3 Å². The van der Waals surface area contributed by atoms with Gasteiger partial charge in [-0.2, -0.15) is 0 Å². The Hall–Kier alpha value is -1.67. The molecule has 0 unspecified atom stereocenters. The van der Waals surface area contributed by atoms with Crippen LogP contribution < -0.4 is 5.32 Å². The molecule has 0 aromatic rings. The van der Waals surface area contributed by atoms with Crippen molar-refractivity contribution in [3.8, 4) is 0 Å². The van der Waals surface area contributed by atoms with Gasteiger partial charge in [0.15, 0.2) is 0 Å². The Bertz CT molecular complexity index is 275. The molecule has 8 heteroatoms. The highest BCUT2D eigenvalue weighted by Gasteiger charge is 2.24. The van der Waals surface area contributed by atoms with Crippen molar-refractivity contribution in [2.45, 2.75) is 25.5 Å². The van der Waals surface area contributed by atoms with E-state index in [1.165, 1.54) is 0 Å². The minimum atomic E-state index is -1.31. The number of esters is 1. The van der Waals surface area contributed by atoms with E-state index in [1.807, 2.05) is 0 Å². The maximum atomic E-state index is 11.3. The molecule has 0 bridgehead atoms. The maximum absolute atomic E-state index is 11.3. The normalized spacial score (nSPS) is 13.6. The van der Waals surface area contributed by atoms with Crippen LogP contribution in [0.3, 0.4) is 0 Å². The molecule has 0 aliphatic heterocycles. The average molecular weight is 249 g/mol. The topological polar surface area (TPSA) is 133 Å². The Morgan fingerprint density at radius 1 is 1.35 bits per heavy atom. The summed E-state index contributed by atoms with van der Waals surface area (Å²) in [6, 6.07) is -1.31. The van der Waals surface area contributed by atoms with Gasteiger partial charge in [0.25, 0.3) is 0 Å². The monoisotopic (exact) mass is 249 g/mol. The van der Waals surface area contributed by atoms with Crippen LogP contribution in [0.15, 0.2) is 0 Å². The number of hydrogen-bond acceptors (Lipinski definition) is 6. The molecule has 17 heavy (non-hydrogen) atoms. The van der Waals surface area contributed by atoms with Crippen LogP contribution >= 0.6 is 0 Å². The number of ether oxygens (including phenoxy) is 1. The van der Waals surface area contributed by atoms with Gasteiger partial charge in [-0.1, -0.05) is 0 Å². The summed E-state index contributed by atoms with van der Waals surface area (Å²) in [6.07, 6.45) is -1.85. The molecule has 0 radical (unpaired) electrons. The van der Waals surface area contributed by atoms with Gasteiger partial charge in [-0.05, 0) is 0 Å². The Morgan fingerprint density at radius 3 is 2.35 bits per heavy atom. The van der Waals surface area contributed by atoms with Crippen LogP contribution in [0, 0.1) is 0 Å². The van der Waals surface area contributed by atoms with E-state index in [2.05, 4.69) is 10.1 Å². The highest BCUT2D eigenvalue weighted by atomic mass is 16.5. The minimum absolute atomic E-state index is 0.467. The lowest BCUT2D eigenvalue weighted by atomic mass is 10.2. The Morgan fingerprint density at radius 2 is 1.94 bits per heavy atom. The van der Waals surface area contributed by atoms with Crippen LogP contribution in [0.1, 0.15) is 13.3 Å². The summed E-state index contributed by atoms with van der Waals surface area (Å²) < 4.78 is 4.53. The van der Waals surface area contributed by atoms with Crippen LogP contribution in [-0.2, 0) is 19.1 Å². The third-order valence-electron chi connectivity index (χ3n) is 1.67. The van der Waals surface area contributed by atoms with Gasteiger partial charge in [0.1, 0.15) is 18.8 Å². The molecule has 0 rings (SSSR count). The lowest BCUT2D eigenvalue weighted by Gasteiger charge is -2.16. The van der Waals surface area contributed by atoms with Crippen LogP contribution in [0.25, 0.3) is 0 Å². The standard InChI is InChI=1S/C9H15NO7/c1-5(12)10-7(2-8(14)15)9(16)17-4-6(13)3-11/h6-7,11,13H,2-4H2,1H3,(H,10,12)(H,14,15)/t6-,7-/m0/s1. The lowest BCUT2D eigenvalue weighted by Crippen LogP contribution is -2.43.